The number of carbonyl (C=O) groups excluding carboxylic acids is 3. The van der Waals surface area contributed by atoms with Crippen LogP contribution in [-0.2, 0) is 9.53 Å². The largest absolute Gasteiger partial charge is 0.466 e. The summed E-state index contributed by atoms with van der Waals surface area (Å²) in [6.07, 6.45) is 1.10. The molecular formula is C17H17NO5. The summed E-state index contributed by atoms with van der Waals surface area (Å²) in [4.78, 5) is 36.3. The molecule has 1 heterocycles. The molecule has 1 aromatic heterocycles. The maximum absolute atomic E-state index is 12.4. The summed E-state index contributed by atoms with van der Waals surface area (Å²) in [7, 11) is 0. The maximum atomic E-state index is 12.4. The van der Waals surface area contributed by atoms with Gasteiger partial charge < -0.3 is 14.5 Å². The number of benzene rings is 1. The molecule has 120 valence electrons. The molecule has 0 fully saturated rings. The second-order valence-corrected chi connectivity index (χ2v) is 4.74. The SMILES string of the molecule is CCOC(=O)CC(NC(=O)c1ccccc1)C(=O)c1ccco1. The highest BCUT2D eigenvalue weighted by Crippen LogP contribution is 2.09. The number of furan rings is 1. The standard InChI is InChI=1S/C17H17NO5/c1-2-22-15(19)11-13(16(20)14-9-6-10-23-14)18-17(21)12-7-4-3-5-8-12/h3-10,13H,2,11H2,1H3,(H,18,21). The van der Waals surface area contributed by atoms with Crippen molar-refractivity contribution in [3.8, 4) is 0 Å². The Labute approximate surface area is 133 Å². The van der Waals surface area contributed by atoms with Crippen LogP contribution in [0.5, 0.6) is 0 Å². The molecule has 0 aliphatic rings. The molecule has 1 atom stereocenters. The third-order valence-corrected chi connectivity index (χ3v) is 3.10. The number of hydrogen-bond acceptors (Lipinski definition) is 5. The maximum Gasteiger partial charge on any atom is 0.308 e. The Morgan fingerprint density at radius 1 is 1.13 bits per heavy atom. The summed E-state index contributed by atoms with van der Waals surface area (Å²) in [5, 5.41) is 2.56. The Morgan fingerprint density at radius 3 is 2.48 bits per heavy atom. The highest BCUT2D eigenvalue weighted by molar-refractivity contribution is 6.04. The first kappa shape index (κ1) is 16.5. The molecular weight excluding hydrogens is 298 g/mol. The zero-order valence-corrected chi connectivity index (χ0v) is 12.7. The van der Waals surface area contributed by atoms with E-state index in [2.05, 4.69) is 5.32 Å². The lowest BCUT2D eigenvalue weighted by Crippen LogP contribution is -2.42. The minimum absolute atomic E-state index is 0.0765. The van der Waals surface area contributed by atoms with Gasteiger partial charge in [0.2, 0.25) is 5.78 Å². The van der Waals surface area contributed by atoms with Crippen LogP contribution >= 0.6 is 0 Å². The molecule has 1 unspecified atom stereocenters. The molecule has 0 aliphatic carbocycles. The van der Waals surface area contributed by atoms with Crippen molar-refractivity contribution in [2.45, 2.75) is 19.4 Å². The van der Waals surface area contributed by atoms with Crippen LogP contribution < -0.4 is 5.32 Å². The molecule has 1 amide bonds. The molecule has 0 radical (unpaired) electrons. The number of ketones is 1. The van der Waals surface area contributed by atoms with E-state index in [1.165, 1.54) is 12.3 Å². The van der Waals surface area contributed by atoms with Gasteiger partial charge in [0.25, 0.3) is 5.91 Å². The topological polar surface area (TPSA) is 85.6 Å². The van der Waals surface area contributed by atoms with E-state index >= 15 is 0 Å². The predicted molar refractivity (Wildman–Crippen MR) is 82.0 cm³/mol. The van der Waals surface area contributed by atoms with Gasteiger partial charge in [-0.3, -0.25) is 14.4 Å². The van der Waals surface area contributed by atoms with Crippen LogP contribution in [0.25, 0.3) is 0 Å². The fourth-order valence-corrected chi connectivity index (χ4v) is 2.02. The first-order valence-corrected chi connectivity index (χ1v) is 7.21. The van der Waals surface area contributed by atoms with Gasteiger partial charge in [-0.2, -0.15) is 0 Å². The molecule has 23 heavy (non-hydrogen) atoms. The van der Waals surface area contributed by atoms with E-state index in [4.69, 9.17) is 9.15 Å². The Bertz CT molecular complexity index is 664. The first-order valence-electron chi connectivity index (χ1n) is 7.21. The van der Waals surface area contributed by atoms with E-state index in [9.17, 15) is 14.4 Å². The minimum Gasteiger partial charge on any atom is -0.466 e. The Balaban J connectivity index is 2.14. The first-order chi connectivity index (χ1) is 11.1. The monoisotopic (exact) mass is 315 g/mol. The van der Waals surface area contributed by atoms with Crippen molar-refractivity contribution in [1.82, 2.24) is 5.32 Å². The van der Waals surface area contributed by atoms with Gasteiger partial charge in [-0.25, -0.2) is 0 Å². The van der Waals surface area contributed by atoms with Gasteiger partial charge >= 0.3 is 5.97 Å². The molecule has 2 aromatic rings. The molecule has 0 spiro atoms. The van der Waals surface area contributed by atoms with Gasteiger partial charge in [0.05, 0.1) is 19.3 Å². The van der Waals surface area contributed by atoms with Crippen molar-refractivity contribution >= 4 is 17.7 Å². The average Bonchev–Trinajstić information content (AvgIpc) is 3.09. The van der Waals surface area contributed by atoms with Crippen LogP contribution in [0.2, 0.25) is 0 Å². The molecule has 0 aliphatic heterocycles. The van der Waals surface area contributed by atoms with Crippen LogP contribution in [0.15, 0.2) is 53.1 Å². The van der Waals surface area contributed by atoms with E-state index < -0.39 is 23.7 Å². The van der Waals surface area contributed by atoms with Gasteiger partial charge in [0.15, 0.2) is 5.76 Å². The number of hydrogen-bond donors (Lipinski definition) is 1. The van der Waals surface area contributed by atoms with Gasteiger partial charge in [0, 0.05) is 5.56 Å². The molecule has 0 saturated heterocycles. The smallest absolute Gasteiger partial charge is 0.308 e. The number of esters is 1. The van der Waals surface area contributed by atoms with Crippen molar-refractivity contribution in [1.29, 1.82) is 0 Å². The van der Waals surface area contributed by atoms with Gasteiger partial charge in [0.1, 0.15) is 6.04 Å². The molecule has 6 nitrogen and oxygen atoms in total. The van der Waals surface area contributed by atoms with Crippen molar-refractivity contribution in [3.63, 3.8) is 0 Å². The summed E-state index contributed by atoms with van der Waals surface area (Å²) in [6.45, 7) is 1.87. The molecule has 0 bridgehead atoms. The quantitative estimate of drug-likeness (QED) is 0.625. The fraction of sp³-hybridized carbons (Fsp3) is 0.235. The number of ether oxygens (including phenoxy) is 1. The molecule has 2 rings (SSSR count). The van der Waals surface area contributed by atoms with Crippen molar-refractivity contribution in [3.05, 3.63) is 60.1 Å². The summed E-state index contributed by atoms with van der Waals surface area (Å²) in [5.74, 6) is -1.41. The van der Waals surface area contributed by atoms with Gasteiger partial charge in [-0.05, 0) is 31.2 Å². The van der Waals surface area contributed by atoms with Crippen LogP contribution in [0.3, 0.4) is 0 Å². The van der Waals surface area contributed by atoms with Crippen molar-refractivity contribution in [2.75, 3.05) is 6.61 Å². The second-order valence-electron chi connectivity index (χ2n) is 4.74. The molecule has 1 N–H and O–H groups in total. The number of carbonyl (C=O) groups is 3. The Hall–Kier alpha value is -2.89. The van der Waals surface area contributed by atoms with Gasteiger partial charge in [-0.1, -0.05) is 18.2 Å². The lowest BCUT2D eigenvalue weighted by atomic mass is 10.1. The van der Waals surface area contributed by atoms with E-state index in [1.807, 2.05) is 0 Å². The van der Waals surface area contributed by atoms with E-state index in [1.54, 1.807) is 43.3 Å². The molecule has 6 heteroatoms. The fourth-order valence-electron chi connectivity index (χ4n) is 2.02. The van der Waals surface area contributed by atoms with Crippen LogP contribution in [0.4, 0.5) is 0 Å². The summed E-state index contributed by atoms with van der Waals surface area (Å²) in [6, 6.07) is 10.4. The average molecular weight is 315 g/mol. The van der Waals surface area contributed by atoms with Crippen molar-refractivity contribution < 1.29 is 23.5 Å². The Morgan fingerprint density at radius 2 is 1.87 bits per heavy atom. The van der Waals surface area contributed by atoms with Crippen LogP contribution in [-0.4, -0.2) is 30.3 Å². The lowest BCUT2D eigenvalue weighted by molar-refractivity contribution is -0.143. The van der Waals surface area contributed by atoms with Crippen LogP contribution in [0, 0.1) is 0 Å². The highest BCUT2D eigenvalue weighted by atomic mass is 16.5. The summed E-state index contributed by atoms with van der Waals surface area (Å²) >= 11 is 0. The van der Waals surface area contributed by atoms with E-state index in [0.29, 0.717) is 5.56 Å². The highest BCUT2D eigenvalue weighted by Gasteiger charge is 2.27. The lowest BCUT2D eigenvalue weighted by Gasteiger charge is -2.16. The zero-order chi connectivity index (χ0) is 16.7. The van der Waals surface area contributed by atoms with Crippen molar-refractivity contribution in [2.24, 2.45) is 0 Å². The molecule has 1 aromatic carbocycles. The minimum atomic E-state index is -1.05. The number of rotatable bonds is 7. The number of nitrogens with one attached hydrogen (secondary N) is 1. The molecule has 0 saturated carbocycles. The second kappa shape index (κ2) is 7.93. The predicted octanol–water partition coefficient (Wildman–Crippen LogP) is 2.21. The Kier molecular flexibility index (Phi) is 5.68. The summed E-state index contributed by atoms with van der Waals surface area (Å²) < 4.78 is 9.91. The third-order valence-electron chi connectivity index (χ3n) is 3.10. The van der Waals surface area contributed by atoms with Gasteiger partial charge in [-0.15, -0.1) is 0 Å². The number of Topliss-reactive ketones (excluding diaryl/α,β-unsaturated/α-hetero) is 1. The number of amides is 1. The summed E-state index contributed by atoms with van der Waals surface area (Å²) in [5.41, 5.74) is 0.397. The van der Waals surface area contributed by atoms with E-state index in [0.717, 1.165) is 0 Å². The van der Waals surface area contributed by atoms with Crippen LogP contribution in [0.1, 0.15) is 34.3 Å². The van der Waals surface area contributed by atoms with E-state index in [-0.39, 0.29) is 18.8 Å². The zero-order valence-electron chi connectivity index (χ0n) is 12.7. The third kappa shape index (κ3) is 4.54. The normalized spacial score (nSPS) is 11.5.